The number of esters is 1. The number of Topliss-reactive ketones (excluding diaryl/α,β-unsaturated/α-hetero) is 1. The molecule has 0 saturated carbocycles. The van der Waals surface area contributed by atoms with Gasteiger partial charge in [-0.15, -0.1) is 0 Å². The fourth-order valence-electron chi connectivity index (χ4n) is 3.32. The second kappa shape index (κ2) is 7.82. The highest BCUT2D eigenvalue weighted by molar-refractivity contribution is 6.10. The van der Waals surface area contributed by atoms with E-state index in [4.69, 9.17) is 4.74 Å². The molecule has 1 aliphatic rings. The van der Waals surface area contributed by atoms with Crippen molar-refractivity contribution in [1.82, 2.24) is 15.2 Å². The third kappa shape index (κ3) is 3.67. The summed E-state index contributed by atoms with van der Waals surface area (Å²) >= 11 is 0. The predicted octanol–water partition coefficient (Wildman–Crippen LogP) is 2.65. The Labute approximate surface area is 171 Å². The number of ether oxygens (including phenoxy) is 1. The molecule has 2 aromatic carbocycles. The van der Waals surface area contributed by atoms with Gasteiger partial charge in [0.1, 0.15) is 0 Å². The standard InChI is InChI=1S/C22H19N3O5/c1-13(20(27)17-10-23-18-5-3-2-4-16(17)18)30-21(28)15-8-6-14(7-9-15)12-25-19(26)11-24-22(25)29/h2-10,13,23H,11-12H2,1H3,(H,24,29). The SMILES string of the molecule is CC(OC(=O)c1ccc(CN2C(=O)CNC2=O)cc1)C(=O)c1c[nH]c2ccccc12. The van der Waals surface area contributed by atoms with E-state index in [9.17, 15) is 19.2 Å². The summed E-state index contributed by atoms with van der Waals surface area (Å²) < 4.78 is 5.35. The van der Waals surface area contributed by atoms with E-state index in [1.165, 1.54) is 6.92 Å². The number of aromatic nitrogens is 1. The van der Waals surface area contributed by atoms with E-state index in [0.717, 1.165) is 15.8 Å². The lowest BCUT2D eigenvalue weighted by atomic mass is 10.1. The summed E-state index contributed by atoms with van der Waals surface area (Å²) in [6.07, 6.45) is 0.657. The number of H-pyrrole nitrogens is 1. The van der Waals surface area contributed by atoms with Crippen LogP contribution in [0.2, 0.25) is 0 Å². The van der Waals surface area contributed by atoms with Crippen molar-refractivity contribution in [3.05, 3.63) is 71.4 Å². The third-order valence-electron chi connectivity index (χ3n) is 4.98. The van der Waals surface area contributed by atoms with Gasteiger partial charge in [0, 0.05) is 22.7 Å². The van der Waals surface area contributed by atoms with E-state index < -0.39 is 18.1 Å². The number of hydrogen-bond donors (Lipinski definition) is 2. The van der Waals surface area contributed by atoms with Crippen LogP contribution in [0, 0.1) is 0 Å². The Morgan fingerprint density at radius 1 is 1.10 bits per heavy atom. The molecule has 8 nitrogen and oxygen atoms in total. The van der Waals surface area contributed by atoms with Gasteiger partial charge in [-0.2, -0.15) is 0 Å². The van der Waals surface area contributed by atoms with E-state index in [1.807, 2.05) is 24.3 Å². The van der Waals surface area contributed by atoms with Crippen LogP contribution in [0.15, 0.2) is 54.7 Å². The number of imide groups is 1. The number of benzene rings is 2. The Bertz CT molecular complexity index is 1130. The monoisotopic (exact) mass is 405 g/mol. The van der Waals surface area contributed by atoms with Crippen LogP contribution in [0.1, 0.15) is 33.2 Å². The molecule has 1 unspecified atom stereocenters. The minimum Gasteiger partial charge on any atom is -0.451 e. The maximum Gasteiger partial charge on any atom is 0.338 e. The van der Waals surface area contributed by atoms with Crippen molar-refractivity contribution in [2.75, 3.05) is 6.54 Å². The number of para-hydroxylation sites is 1. The highest BCUT2D eigenvalue weighted by Crippen LogP contribution is 2.20. The van der Waals surface area contributed by atoms with Gasteiger partial charge in [-0.1, -0.05) is 30.3 Å². The van der Waals surface area contributed by atoms with E-state index in [-0.39, 0.29) is 30.3 Å². The maximum atomic E-state index is 12.7. The smallest absolute Gasteiger partial charge is 0.338 e. The largest absolute Gasteiger partial charge is 0.451 e. The number of aromatic amines is 1. The number of fused-ring (bicyclic) bond motifs is 1. The molecule has 1 aliphatic heterocycles. The van der Waals surface area contributed by atoms with Crippen molar-refractivity contribution < 1.29 is 23.9 Å². The topological polar surface area (TPSA) is 109 Å². The van der Waals surface area contributed by atoms with Crippen LogP contribution < -0.4 is 5.32 Å². The minimum atomic E-state index is -0.956. The molecule has 4 rings (SSSR count). The molecular formula is C22H19N3O5. The number of hydrogen-bond acceptors (Lipinski definition) is 5. The second-order valence-corrected chi connectivity index (χ2v) is 7.00. The van der Waals surface area contributed by atoms with Crippen molar-refractivity contribution in [3.8, 4) is 0 Å². The molecule has 2 N–H and O–H groups in total. The van der Waals surface area contributed by atoms with E-state index in [1.54, 1.807) is 30.5 Å². The molecule has 3 aromatic rings. The number of nitrogens with zero attached hydrogens (tertiary/aromatic N) is 1. The zero-order chi connectivity index (χ0) is 21.3. The molecule has 1 fully saturated rings. The zero-order valence-corrected chi connectivity index (χ0v) is 16.2. The lowest BCUT2D eigenvalue weighted by Gasteiger charge is -2.14. The summed E-state index contributed by atoms with van der Waals surface area (Å²) in [6.45, 7) is 1.65. The predicted molar refractivity (Wildman–Crippen MR) is 108 cm³/mol. The summed E-state index contributed by atoms with van der Waals surface area (Å²) in [4.78, 5) is 52.6. The van der Waals surface area contributed by atoms with Gasteiger partial charge < -0.3 is 15.0 Å². The molecule has 152 valence electrons. The van der Waals surface area contributed by atoms with Gasteiger partial charge in [-0.05, 0) is 30.7 Å². The molecule has 0 spiro atoms. The van der Waals surface area contributed by atoms with Crippen molar-refractivity contribution in [3.63, 3.8) is 0 Å². The first-order valence-corrected chi connectivity index (χ1v) is 9.42. The molecule has 0 radical (unpaired) electrons. The molecule has 1 aromatic heterocycles. The zero-order valence-electron chi connectivity index (χ0n) is 16.2. The Kier molecular flexibility index (Phi) is 5.05. The van der Waals surface area contributed by atoms with Gasteiger partial charge in [-0.3, -0.25) is 14.5 Å². The van der Waals surface area contributed by atoms with Crippen LogP contribution >= 0.6 is 0 Å². The van der Waals surface area contributed by atoms with Crippen LogP contribution in [0.25, 0.3) is 10.9 Å². The molecule has 30 heavy (non-hydrogen) atoms. The van der Waals surface area contributed by atoms with Crippen LogP contribution in [-0.4, -0.2) is 46.2 Å². The Balaban J connectivity index is 1.41. The quantitative estimate of drug-likeness (QED) is 0.372. The van der Waals surface area contributed by atoms with Crippen molar-refractivity contribution in [1.29, 1.82) is 0 Å². The van der Waals surface area contributed by atoms with Gasteiger partial charge in [0.15, 0.2) is 6.10 Å². The average molecular weight is 405 g/mol. The number of rotatable bonds is 6. The van der Waals surface area contributed by atoms with Crippen molar-refractivity contribution >= 4 is 34.6 Å². The fourth-order valence-corrected chi connectivity index (χ4v) is 3.32. The van der Waals surface area contributed by atoms with E-state index >= 15 is 0 Å². The van der Waals surface area contributed by atoms with Gasteiger partial charge in [-0.25, -0.2) is 9.59 Å². The number of carbonyl (C=O) groups is 4. The van der Waals surface area contributed by atoms with E-state index in [2.05, 4.69) is 10.3 Å². The first kappa shape index (κ1) is 19.4. The van der Waals surface area contributed by atoms with Gasteiger partial charge in [0.25, 0.3) is 0 Å². The lowest BCUT2D eigenvalue weighted by molar-refractivity contribution is -0.125. The molecule has 0 aliphatic carbocycles. The summed E-state index contributed by atoms with van der Waals surface area (Å²) in [5.74, 6) is -1.22. The minimum absolute atomic E-state index is 0.00834. The van der Waals surface area contributed by atoms with Gasteiger partial charge in [0.05, 0.1) is 18.7 Å². The molecule has 8 heteroatoms. The summed E-state index contributed by atoms with van der Waals surface area (Å²) in [5, 5.41) is 3.23. The number of amides is 3. The Morgan fingerprint density at radius 3 is 2.53 bits per heavy atom. The molecular weight excluding hydrogens is 386 g/mol. The number of nitrogens with one attached hydrogen (secondary N) is 2. The van der Waals surface area contributed by atoms with Crippen molar-refractivity contribution in [2.45, 2.75) is 19.6 Å². The van der Waals surface area contributed by atoms with Crippen LogP contribution in [-0.2, 0) is 16.1 Å². The van der Waals surface area contributed by atoms with Gasteiger partial charge >= 0.3 is 12.0 Å². The number of urea groups is 1. The Hall–Kier alpha value is -3.94. The highest BCUT2D eigenvalue weighted by Gasteiger charge is 2.28. The van der Waals surface area contributed by atoms with Crippen LogP contribution in [0.5, 0.6) is 0 Å². The summed E-state index contributed by atoms with van der Waals surface area (Å²) in [6, 6.07) is 13.3. The average Bonchev–Trinajstić information content (AvgIpc) is 3.32. The highest BCUT2D eigenvalue weighted by atomic mass is 16.5. The summed E-state index contributed by atoms with van der Waals surface area (Å²) in [5.41, 5.74) is 2.27. The molecule has 0 bridgehead atoms. The Morgan fingerprint density at radius 2 is 1.83 bits per heavy atom. The van der Waals surface area contributed by atoms with E-state index in [0.29, 0.717) is 11.1 Å². The van der Waals surface area contributed by atoms with Crippen LogP contribution in [0.3, 0.4) is 0 Å². The molecule has 1 saturated heterocycles. The first-order chi connectivity index (χ1) is 14.4. The first-order valence-electron chi connectivity index (χ1n) is 9.42. The van der Waals surface area contributed by atoms with Gasteiger partial charge in [0.2, 0.25) is 11.7 Å². The number of carbonyl (C=O) groups excluding carboxylic acids is 4. The van der Waals surface area contributed by atoms with Crippen LogP contribution in [0.4, 0.5) is 4.79 Å². The normalized spacial score (nSPS) is 14.6. The third-order valence-corrected chi connectivity index (χ3v) is 4.98. The number of ketones is 1. The molecule has 2 heterocycles. The second-order valence-electron chi connectivity index (χ2n) is 7.00. The lowest BCUT2D eigenvalue weighted by Crippen LogP contribution is -2.30. The summed E-state index contributed by atoms with van der Waals surface area (Å²) in [7, 11) is 0. The van der Waals surface area contributed by atoms with Crippen molar-refractivity contribution in [2.24, 2.45) is 0 Å². The molecule has 1 atom stereocenters. The fraction of sp³-hybridized carbons (Fsp3) is 0.182. The maximum absolute atomic E-state index is 12.7. The molecule has 3 amide bonds.